The molecule has 172 valence electrons. The van der Waals surface area contributed by atoms with Crippen LogP contribution in [0, 0.1) is 12.7 Å². The summed E-state index contributed by atoms with van der Waals surface area (Å²) in [5, 5.41) is 28.4. The molecular formula is C22H23FN6O3S. The Balaban J connectivity index is 1.68. The zero-order valence-corrected chi connectivity index (χ0v) is 19.0. The highest BCUT2D eigenvalue weighted by molar-refractivity contribution is 7.15. The van der Waals surface area contributed by atoms with Crippen molar-refractivity contribution in [3.8, 4) is 21.9 Å². The van der Waals surface area contributed by atoms with E-state index in [2.05, 4.69) is 20.2 Å². The average Bonchev–Trinajstić information content (AvgIpc) is 3.45. The third-order valence-electron chi connectivity index (χ3n) is 5.07. The number of nitrogens with two attached hydrogens (primary N) is 1. The predicted octanol–water partition coefficient (Wildman–Crippen LogP) is 3.16. The second-order valence-electron chi connectivity index (χ2n) is 7.75. The van der Waals surface area contributed by atoms with Gasteiger partial charge in [0.25, 0.3) is 0 Å². The molecule has 4 aromatic rings. The molecule has 0 radical (unpaired) electrons. The molecule has 9 nitrogen and oxygen atoms in total. The molecule has 33 heavy (non-hydrogen) atoms. The molecular weight excluding hydrogens is 447 g/mol. The van der Waals surface area contributed by atoms with Crippen molar-refractivity contribution in [1.82, 2.24) is 25.0 Å². The van der Waals surface area contributed by atoms with Gasteiger partial charge >= 0.3 is 0 Å². The maximum Gasteiger partial charge on any atom is 0.166 e. The first-order valence-corrected chi connectivity index (χ1v) is 10.9. The van der Waals surface area contributed by atoms with Gasteiger partial charge in [0.1, 0.15) is 22.5 Å². The SMILES string of the molecule is Cc1nc([C@@](C)(O)CO)sc1-c1cnc(N)c(O[C@H](C)c2cc(F)ccc2-n2nccn2)c1. The van der Waals surface area contributed by atoms with E-state index in [0.29, 0.717) is 33.3 Å². The maximum atomic E-state index is 14.0. The molecule has 3 heterocycles. The fraction of sp³-hybridized carbons (Fsp3) is 0.273. The largest absolute Gasteiger partial charge is 0.482 e. The second kappa shape index (κ2) is 8.85. The lowest BCUT2D eigenvalue weighted by molar-refractivity contribution is -0.00251. The molecule has 1 aromatic carbocycles. The molecule has 4 rings (SSSR count). The van der Waals surface area contributed by atoms with Crippen LogP contribution < -0.4 is 10.5 Å². The highest BCUT2D eigenvalue weighted by atomic mass is 32.1. The lowest BCUT2D eigenvalue weighted by Gasteiger charge is -2.19. The third-order valence-corrected chi connectivity index (χ3v) is 6.53. The van der Waals surface area contributed by atoms with Crippen LogP contribution in [0.4, 0.5) is 10.2 Å². The van der Waals surface area contributed by atoms with Crippen molar-refractivity contribution >= 4 is 17.2 Å². The van der Waals surface area contributed by atoms with Gasteiger partial charge < -0.3 is 20.7 Å². The van der Waals surface area contributed by atoms with Crippen LogP contribution in [0.25, 0.3) is 16.1 Å². The van der Waals surface area contributed by atoms with Crippen LogP contribution in [0.5, 0.6) is 5.75 Å². The molecule has 0 unspecified atom stereocenters. The highest BCUT2D eigenvalue weighted by Crippen LogP contribution is 2.38. The number of thiazole rings is 1. The van der Waals surface area contributed by atoms with Crippen LogP contribution in [0.15, 0.2) is 42.9 Å². The Morgan fingerprint density at radius 1 is 1.27 bits per heavy atom. The number of halogens is 1. The van der Waals surface area contributed by atoms with E-state index >= 15 is 0 Å². The highest BCUT2D eigenvalue weighted by Gasteiger charge is 2.28. The lowest BCUT2D eigenvalue weighted by Crippen LogP contribution is -2.25. The molecule has 0 fully saturated rings. The van der Waals surface area contributed by atoms with Crippen molar-refractivity contribution in [3.63, 3.8) is 0 Å². The number of nitrogen functional groups attached to an aromatic ring is 1. The summed E-state index contributed by atoms with van der Waals surface area (Å²) in [5.41, 5.74) is 7.09. The van der Waals surface area contributed by atoms with Gasteiger partial charge in [0.2, 0.25) is 0 Å². The Bertz CT molecular complexity index is 1280. The van der Waals surface area contributed by atoms with Crippen LogP contribution >= 0.6 is 11.3 Å². The van der Waals surface area contributed by atoms with Crippen molar-refractivity contribution in [1.29, 1.82) is 0 Å². The van der Waals surface area contributed by atoms with Crippen LogP contribution in [0.2, 0.25) is 0 Å². The fourth-order valence-electron chi connectivity index (χ4n) is 3.26. The summed E-state index contributed by atoms with van der Waals surface area (Å²) >= 11 is 1.25. The molecule has 0 saturated carbocycles. The van der Waals surface area contributed by atoms with Gasteiger partial charge in [-0.25, -0.2) is 14.4 Å². The smallest absolute Gasteiger partial charge is 0.166 e. The number of hydrogen-bond acceptors (Lipinski definition) is 9. The minimum Gasteiger partial charge on any atom is -0.482 e. The zero-order chi connectivity index (χ0) is 23.8. The summed E-state index contributed by atoms with van der Waals surface area (Å²) in [6.07, 6.45) is 4.05. The summed E-state index contributed by atoms with van der Waals surface area (Å²) in [6.45, 7) is 4.62. The quantitative estimate of drug-likeness (QED) is 0.375. The molecule has 0 aliphatic carbocycles. The maximum absolute atomic E-state index is 14.0. The van der Waals surface area contributed by atoms with Gasteiger partial charge in [-0.05, 0) is 45.0 Å². The normalized spacial score (nSPS) is 14.1. The number of hydrogen-bond donors (Lipinski definition) is 3. The van der Waals surface area contributed by atoms with Crippen molar-refractivity contribution in [3.05, 3.63) is 64.9 Å². The van der Waals surface area contributed by atoms with Crippen LogP contribution in [0.3, 0.4) is 0 Å². The Morgan fingerprint density at radius 3 is 2.70 bits per heavy atom. The Labute approximate surface area is 193 Å². The van der Waals surface area contributed by atoms with Gasteiger partial charge in [-0.1, -0.05) is 0 Å². The average molecular weight is 471 g/mol. The monoisotopic (exact) mass is 470 g/mol. The first-order valence-electron chi connectivity index (χ1n) is 10.1. The topological polar surface area (TPSA) is 132 Å². The van der Waals surface area contributed by atoms with E-state index in [1.807, 2.05) is 0 Å². The number of aromatic nitrogens is 5. The summed E-state index contributed by atoms with van der Waals surface area (Å²) < 4.78 is 20.1. The van der Waals surface area contributed by atoms with Crippen molar-refractivity contribution in [2.24, 2.45) is 0 Å². The van der Waals surface area contributed by atoms with E-state index in [4.69, 9.17) is 10.5 Å². The van der Waals surface area contributed by atoms with Crippen LogP contribution in [-0.2, 0) is 5.60 Å². The lowest BCUT2D eigenvalue weighted by atomic mass is 10.1. The van der Waals surface area contributed by atoms with Crippen molar-refractivity contribution < 1.29 is 19.3 Å². The van der Waals surface area contributed by atoms with E-state index in [-0.39, 0.29) is 5.82 Å². The number of pyridine rings is 1. The van der Waals surface area contributed by atoms with Crippen LogP contribution in [-0.4, -0.2) is 41.8 Å². The Hall–Kier alpha value is -3.41. The molecule has 0 aliphatic rings. The number of aliphatic hydroxyl groups excluding tert-OH is 1. The molecule has 2 atom stereocenters. The standard InChI is InChI=1S/C22H23FN6O3S/c1-12-19(33-21(28-12)22(3,31)11-30)14-8-18(20(24)25-10-14)32-13(2)16-9-15(23)4-5-17(16)29-26-6-7-27-29/h4-10,13,30-31H,11H2,1-3H3,(H2,24,25)/t13-,22+/m1/s1. The zero-order valence-electron chi connectivity index (χ0n) is 18.2. The van der Waals surface area contributed by atoms with E-state index in [9.17, 15) is 14.6 Å². The number of nitrogens with zero attached hydrogens (tertiary/aromatic N) is 5. The van der Waals surface area contributed by atoms with Crippen LogP contribution in [0.1, 0.15) is 36.2 Å². The molecule has 4 N–H and O–H groups in total. The van der Waals surface area contributed by atoms with Gasteiger partial charge in [-0.15, -0.1) is 11.3 Å². The van der Waals surface area contributed by atoms with E-state index in [1.165, 1.54) is 47.6 Å². The van der Waals surface area contributed by atoms with Crippen molar-refractivity contribution in [2.45, 2.75) is 32.5 Å². The summed E-state index contributed by atoms with van der Waals surface area (Å²) in [6, 6.07) is 6.00. The number of ether oxygens (including phenoxy) is 1. The Morgan fingerprint density at radius 2 is 2.00 bits per heavy atom. The molecule has 3 aromatic heterocycles. The molecule has 0 bridgehead atoms. The summed E-state index contributed by atoms with van der Waals surface area (Å²) in [4.78, 5) is 10.8. The minimum atomic E-state index is -1.45. The predicted molar refractivity (Wildman–Crippen MR) is 122 cm³/mol. The van der Waals surface area contributed by atoms with Gasteiger partial charge in [-0.3, -0.25) is 0 Å². The summed E-state index contributed by atoms with van der Waals surface area (Å²) in [7, 11) is 0. The van der Waals surface area contributed by atoms with Gasteiger partial charge in [0, 0.05) is 17.3 Å². The number of aliphatic hydroxyl groups is 2. The van der Waals surface area contributed by atoms with Crippen molar-refractivity contribution in [2.75, 3.05) is 12.3 Å². The molecule has 0 spiro atoms. The second-order valence-corrected chi connectivity index (χ2v) is 8.75. The third kappa shape index (κ3) is 4.56. The number of benzene rings is 1. The van der Waals surface area contributed by atoms with E-state index < -0.39 is 24.1 Å². The van der Waals surface area contributed by atoms with Gasteiger partial charge in [0.15, 0.2) is 11.6 Å². The van der Waals surface area contributed by atoms with Gasteiger partial charge in [0.05, 0.1) is 35.3 Å². The molecule has 11 heteroatoms. The Kier molecular flexibility index (Phi) is 6.11. The van der Waals surface area contributed by atoms with E-state index in [0.717, 1.165) is 4.88 Å². The van der Waals surface area contributed by atoms with E-state index in [1.54, 1.807) is 32.2 Å². The number of anilines is 1. The molecule has 0 saturated heterocycles. The first kappa shape index (κ1) is 22.8. The molecule has 0 aliphatic heterocycles. The minimum absolute atomic E-state index is 0.172. The molecule has 0 amide bonds. The number of aryl methyl sites for hydroxylation is 1. The number of rotatable bonds is 7. The fourth-order valence-corrected chi connectivity index (χ4v) is 4.35. The first-order chi connectivity index (χ1) is 15.7. The summed E-state index contributed by atoms with van der Waals surface area (Å²) in [5.74, 6) is 0.0670. The van der Waals surface area contributed by atoms with Gasteiger partial charge in [-0.2, -0.15) is 15.0 Å².